The van der Waals surface area contributed by atoms with E-state index in [0.29, 0.717) is 6.42 Å². The molecule has 0 aliphatic rings. The van der Waals surface area contributed by atoms with Crippen LogP contribution in [0.15, 0.2) is 24.3 Å². The topological polar surface area (TPSA) is 0 Å². The van der Waals surface area contributed by atoms with Crippen LogP contribution in [0.4, 0.5) is 0 Å². The highest BCUT2D eigenvalue weighted by molar-refractivity contribution is 5.36. The van der Waals surface area contributed by atoms with Crippen molar-refractivity contribution in [3.05, 3.63) is 42.3 Å². The largest absolute Gasteiger partial charge is 0.0979 e. The van der Waals surface area contributed by atoms with Gasteiger partial charge < -0.3 is 0 Å². The van der Waals surface area contributed by atoms with Gasteiger partial charge in [0.25, 0.3) is 0 Å². The minimum atomic E-state index is 0.675. The summed E-state index contributed by atoms with van der Waals surface area (Å²) in [6, 6.07) is 8.16. The average Bonchev–Trinajstić information content (AvgIpc) is 2.01. The van der Waals surface area contributed by atoms with Gasteiger partial charge in [-0.2, -0.15) is 0 Å². The molecule has 0 aliphatic carbocycles. The summed E-state index contributed by atoms with van der Waals surface area (Å²) >= 11 is 0. The Morgan fingerprint density at radius 1 is 1.45 bits per heavy atom. The highest BCUT2D eigenvalue weighted by atomic mass is 13.9. The third-order valence-electron chi connectivity index (χ3n) is 1.38. The Balaban J connectivity index is 2.87. The summed E-state index contributed by atoms with van der Waals surface area (Å²) < 4.78 is 0. The zero-order valence-electron chi connectivity index (χ0n) is 6.72. The molecule has 11 heavy (non-hydrogen) atoms. The van der Waals surface area contributed by atoms with Gasteiger partial charge in [-0.3, -0.25) is 0 Å². The van der Waals surface area contributed by atoms with E-state index in [2.05, 4.69) is 37.8 Å². The maximum Gasteiger partial charge on any atom is 0.0247 e. The van der Waals surface area contributed by atoms with Crippen LogP contribution in [0.3, 0.4) is 0 Å². The van der Waals surface area contributed by atoms with Crippen molar-refractivity contribution < 1.29 is 0 Å². The Labute approximate surface area is 68.3 Å². The Bertz CT molecular complexity index is 286. The van der Waals surface area contributed by atoms with Gasteiger partial charge >= 0.3 is 0 Å². The molecule has 0 aliphatic heterocycles. The third-order valence-corrected chi connectivity index (χ3v) is 1.38. The van der Waals surface area contributed by atoms with Crippen LogP contribution >= 0.6 is 0 Å². The predicted octanol–water partition coefficient (Wildman–Crippen LogP) is 2.57. The van der Waals surface area contributed by atoms with E-state index in [-0.39, 0.29) is 0 Å². The van der Waals surface area contributed by atoms with Crippen LogP contribution in [0.1, 0.15) is 17.5 Å². The number of rotatable bonds is 0. The fraction of sp³-hybridized carbons (Fsp3) is 0.182. The SMILES string of the molecule is [CH2]CC#Cc1cccc(C)c1. The van der Waals surface area contributed by atoms with Crippen molar-refractivity contribution in [2.24, 2.45) is 0 Å². The summed E-state index contributed by atoms with van der Waals surface area (Å²) in [5, 5.41) is 0. The molecule has 0 saturated heterocycles. The zero-order chi connectivity index (χ0) is 8.10. The van der Waals surface area contributed by atoms with Gasteiger partial charge in [0.05, 0.1) is 0 Å². The highest BCUT2D eigenvalue weighted by Gasteiger charge is 1.84. The minimum absolute atomic E-state index is 0.675. The van der Waals surface area contributed by atoms with Gasteiger partial charge in [-0.05, 0) is 31.5 Å². The van der Waals surface area contributed by atoms with Crippen LogP contribution in [0.25, 0.3) is 0 Å². The summed E-state index contributed by atoms with van der Waals surface area (Å²) in [5.74, 6) is 5.95. The van der Waals surface area contributed by atoms with Gasteiger partial charge in [-0.1, -0.05) is 24.0 Å². The first-order valence-electron chi connectivity index (χ1n) is 3.67. The molecule has 1 rings (SSSR count). The van der Waals surface area contributed by atoms with E-state index in [9.17, 15) is 0 Å². The molecular weight excluding hydrogens is 132 g/mol. The molecule has 0 spiro atoms. The number of hydrogen-bond donors (Lipinski definition) is 0. The Kier molecular flexibility index (Phi) is 2.74. The number of aryl methyl sites for hydroxylation is 1. The summed E-state index contributed by atoms with van der Waals surface area (Å²) in [5.41, 5.74) is 2.33. The van der Waals surface area contributed by atoms with Crippen LogP contribution in [-0.2, 0) is 0 Å². The summed E-state index contributed by atoms with van der Waals surface area (Å²) in [4.78, 5) is 0. The molecule has 0 unspecified atom stereocenters. The average molecular weight is 143 g/mol. The molecule has 0 fully saturated rings. The first-order valence-corrected chi connectivity index (χ1v) is 3.67. The molecule has 0 heterocycles. The zero-order valence-corrected chi connectivity index (χ0v) is 6.72. The van der Waals surface area contributed by atoms with E-state index in [1.54, 1.807) is 0 Å². The van der Waals surface area contributed by atoms with Crippen LogP contribution in [0.5, 0.6) is 0 Å². The Morgan fingerprint density at radius 2 is 2.27 bits per heavy atom. The molecule has 0 N–H and O–H groups in total. The smallest absolute Gasteiger partial charge is 0.0247 e. The lowest BCUT2D eigenvalue weighted by molar-refractivity contribution is 1.44. The summed E-state index contributed by atoms with van der Waals surface area (Å²) in [7, 11) is 0. The first-order chi connectivity index (χ1) is 5.33. The molecule has 0 heteroatoms. The van der Waals surface area contributed by atoms with Gasteiger partial charge in [0.2, 0.25) is 0 Å². The van der Waals surface area contributed by atoms with Gasteiger partial charge in [0, 0.05) is 12.0 Å². The Morgan fingerprint density at radius 3 is 2.91 bits per heavy atom. The highest BCUT2D eigenvalue weighted by Crippen LogP contribution is 2.01. The molecule has 0 saturated carbocycles. The van der Waals surface area contributed by atoms with Gasteiger partial charge in [-0.15, -0.1) is 0 Å². The summed E-state index contributed by atoms with van der Waals surface area (Å²) in [6.07, 6.45) is 0.675. The van der Waals surface area contributed by atoms with E-state index in [4.69, 9.17) is 0 Å². The van der Waals surface area contributed by atoms with Gasteiger partial charge in [0.15, 0.2) is 0 Å². The normalized spacial score (nSPS) is 8.55. The number of benzene rings is 1. The molecule has 1 radical (unpaired) electrons. The van der Waals surface area contributed by atoms with Crippen molar-refractivity contribution in [2.45, 2.75) is 13.3 Å². The lowest BCUT2D eigenvalue weighted by atomic mass is 10.1. The maximum atomic E-state index is 3.65. The predicted molar refractivity (Wildman–Crippen MR) is 48.0 cm³/mol. The summed E-state index contributed by atoms with van der Waals surface area (Å²) in [6.45, 7) is 5.71. The lowest BCUT2D eigenvalue weighted by Gasteiger charge is -1.91. The lowest BCUT2D eigenvalue weighted by Crippen LogP contribution is -1.75. The third kappa shape index (κ3) is 2.47. The van der Waals surface area contributed by atoms with E-state index < -0.39 is 0 Å². The fourth-order valence-electron chi connectivity index (χ4n) is 0.887. The standard InChI is InChI=1S/C11H11/c1-3-4-7-11-8-5-6-10(2)9-11/h5-6,8-9H,1,3H2,2H3. The molecule has 55 valence electrons. The van der Waals surface area contributed by atoms with Gasteiger partial charge in [0.1, 0.15) is 0 Å². The van der Waals surface area contributed by atoms with Crippen LogP contribution in [0.2, 0.25) is 0 Å². The molecular formula is C11H11. The monoisotopic (exact) mass is 143 g/mol. The first kappa shape index (κ1) is 7.88. The van der Waals surface area contributed by atoms with E-state index in [1.807, 2.05) is 12.1 Å². The van der Waals surface area contributed by atoms with Crippen molar-refractivity contribution >= 4 is 0 Å². The van der Waals surface area contributed by atoms with Crippen molar-refractivity contribution in [1.82, 2.24) is 0 Å². The van der Waals surface area contributed by atoms with Crippen LogP contribution in [0, 0.1) is 25.7 Å². The fourth-order valence-corrected chi connectivity index (χ4v) is 0.887. The molecule has 1 aromatic carbocycles. The minimum Gasteiger partial charge on any atom is -0.0979 e. The van der Waals surface area contributed by atoms with Crippen molar-refractivity contribution in [3.63, 3.8) is 0 Å². The second-order valence-corrected chi connectivity index (χ2v) is 2.42. The molecule has 0 aromatic heterocycles. The number of hydrogen-bond acceptors (Lipinski definition) is 0. The van der Waals surface area contributed by atoms with E-state index in [0.717, 1.165) is 5.56 Å². The van der Waals surface area contributed by atoms with Crippen molar-refractivity contribution in [3.8, 4) is 11.8 Å². The molecule has 0 atom stereocenters. The molecule has 0 amide bonds. The molecule has 1 aromatic rings. The van der Waals surface area contributed by atoms with Crippen molar-refractivity contribution in [1.29, 1.82) is 0 Å². The van der Waals surface area contributed by atoms with Crippen LogP contribution in [-0.4, -0.2) is 0 Å². The van der Waals surface area contributed by atoms with Crippen molar-refractivity contribution in [2.75, 3.05) is 0 Å². The van der Waals surface area contributed by atoms with Gasteiger partial charge in [-0.25, -0.2) is 0 Å². The molecule has 0 nitrogen and oxygen atoms in total. The van der Waals surface area contributed by atoms with E-state index in [1.165, 1.54) is 5.56 Å². The second kappa shape index (κ2) is 3.83. The van der Waals surface area contributed by atoms with E-state index >= 15 is 0 Å². The Hall–Kier alpha value is -1.22. The second-order valence-electron chi connectivity index (χ2n) is 2.42. The maximum absolute atomic E-state index is 3.65. The quantitative estimate of drug-likeness (QED) is 0.490. The van der Waals surface area contributed by atoms with Crippen LogP contribution < -0.4 is 0 Å². The molecule has 0 bridgehead atoms.